The number of carbonyl (C=O) groups excluding carboxylic acids is 4. The summed E-state index contributed by atoms with van der Waals surface area (Å²) in [5.41, 5.74) is 1.93. The first-order valence-corrected chi connectivity index (χ1v) is 7.34. The molecule has 0 aliphatic heterocycles. The summed E-state index contributed by atoms with van der Waals surface area (Å²) in [6.07, 6.45) is 0.520. The molecule has 0 saturated heterocycles. The number of Topliss-reactive ketones (excluding diaryl/α,β-unsaturated/α-hetero) is 2. The lowest BCUT2D eigenvalue weighted by Gasteiger charge is -2.02. The summed E-state index contributed by atoms with van der Waals surface area (Å²) >= 11 is 0. The van der Waals surface area contributed by atoms with Crippen LogP contribution in [0, 0.1) is 5.21 Å². The first-order valence-electron chi connectivity index (χ1n) is 7.34. The fourth-order valence-electron chi connectivity index (χ4n) is 2.07. The Hall–Kier alpha value is -3.48. The first kappa shape index (κ1) is 17.9. The van der Waals surface area contributed by atoms with Crippen LogP contribution in [0.4, 0.5) is 11.4 Å². The van der Waals surface area contributed by atoms with Crippen LogP contribution in [0.25, 0.3) is 0 Å². The highest BCUT2D eigenvalue weighted by molar-refractivity contribution is 6.25. The molecule has 0 aliphatic carbocycles. The minimum Gasteiger partial charge on any atom is -0.594 e. The number of hydrogen-bond donors (Lipinski definition) is 0. The molecule has 0 saturated carbocycles. The molecule has 0 N–H and O–H groups in total. The minimum atomic E-state index is -0.537. The van der Waals surface area contributed by atoms with Gasteiger partial charge in [0, 0.05) is 30.1 Å². The van der Waals surface area contributed by atoms with Gasteiger partial charge in [-0.2, -0.15) is 0 Å². The summed E-state index contributed by atoms with van der Waals surface area (Å²) in [5, 5.41) is 15.9. The molecule has 0 aliphatic rings. The molecule has 0 heterocycles. The number of rotatable bonds is 8. The lowest BCUT2D eigenvalue weighted by molar-refractivity contribution is -0.435. The fraction of sp³-hybridized carbons (Fsp3) is 0.111. The van der Waals surface area contributed by atoms with Crippen LogP contribution in [0.5, 0.6) is 0 Å². The molecule has 2 rings (SSSR count). The zero-order valence-corrected chi connectivity index (χ0v) is 13.1. The molecule has 0 atom stereocenters. The Balaban J connectivity index is 2.09. The second-order valence-corrected chi connectivity index (χ2v) is 5.23. The Morgan fingerprint density at radius 3 is 1.72 bits per heavy atom. The third kappa shape index (κ3) is 5.28. The maximum Gasteiger partial charge on any atom is 0.244 e. The molecular formula is C18H14N2O5. The Morgan fingerprint density at radius 2 is 1.28 bits per heavy atom. The van der Waals surface area contributed by atoms with Gasteiger partial charge in [-0.1, -0.05) is 29.1 Å². The van der Waals surface area contributed by atoms with E-state index in [1.54, 1.807) is 36.4 Å². The van der Waals surface area contributed by atoms with E-state index in [0.29, 0.717) is 21.7 Å². The highest BCUT2D eigenvalue weighted by Gasteiger charge is 2.07. The highest BCUT2D eigenvalue weighted by Crippen LogP contribution is 2.19. The molecule has 7 heteroatoms. The molecule has 0 spiro atoms. The van der Waals surface area contributed by atoms with E-state index in [2.05, 4.69) is 5.11 Å². The van der Waals surface area contributed by atoms with Crippen molar-refractivity contribution in [3.05, 3.63) is 64.9 Å². The summed E-state index contributed by atoms with van der Waals surface area (Å²) in [6, 6.07) is 12.5. The lowest BCUT2D eigenvalue weighted by atomic mass is 10.1. The van der Waals surface area contributed by atoms with Crippen LogP contribution in [0.3, 0.4) is 0 Å². The molecule has 2 aromatic carbocycles. The van der Waals surface area contributed by atoms with E-state index in [1.165, 1.54) is 12.1 Å². The van der Waals surface area contributed by atoms with Gasteiger partial charge in [0.05, 0.1) is 0 Å². The normalized spacial score (nSPS) is 11.0. The van der Waals surface area contributed by atoms with E-state index in [1.807, 2.05) is 0 Å². The molecule has 0 amide bonds. The third-order valence-electron chi connectivity index (χ3n) is 3.32. The maximum absolute atomic E-state index is 12.0. The molecule has 0 aromatic heterocycles. The van der Waals surface area contributed by atoms with Gasteiger partial charge in [-0.05, 0) is 23.3 Å². The van der Waals surface area contributed by atoms with Crippen molar-refractivity contribution in [2.75, 3.05) is 0 Å². The van der Waals surface area contributed by atoms with Crippen molar-refractivity contribution < 1.29 is 24.0 Å². The highest BCUT2D eigenvalue weighted by atomic mass is 16.5. The van der Waals surface area contributed by atoms with Crippen molar-refractivity contribution in [3.63, 3.8) is 0 Å². The number of nitrogens with zero attached hydrogens (tertiary/aromatic N) is 2. The minimum absolute atomic E-state index is 0.00579. The summed E-state index contributed by atoms with van der Waals surface area (Å²) in [5.74, 6) is -1.06. The van der Waals surface area contributed by atoms with Crippen molar-refractivity contribution in [3.8, 4) is 0 Å². The van der Waals surface area contributed by atoms with E-state index in [9.17, 15) is 24.4 Å². The monoisotopic (exact) mass is 338 g/mol. The van der Waals surface area contributed by atoms with Crippen molar-refractivity contribution in [2.45, 2.75) is 12.8 Å². The largest absolute Gasteiger partial charge is 0.594 e. The number of benzene rings is 2. The third-order valence-corrected chi connectivity index (χ3v) is 3.32. The average Bonchev–Trinajstić information content (AvgIpc) is 2.63. The van der Waals surface area contributed by atoms with E-state index >= 15 is 0 Å². The van der Waals surface area contributed by atoms with Gasteiger partial charge in [-0.3, -0.25) is 19.2 Å². The smallest absolute Gasteiger partial charge is 0.244 e. The SMILES string of the molecule is O=CC(=O)Cc1ccc(N=[N+]([O-])c2ccc(CC(=O)C=O)cc2)cc1. The number of aldehydes is 2. The summed E-state index contributed by atoms with van der Waals surface area (Å²) in [4.78, 5) is 43.2. The zero-order chi connectivity index (χ0) is 18.2. The second kappa shape index (κ2) is 8.39. The molecule has 2 aromatic rings. The Morgan fingerprint density at radius 1 is 0.840 bits per heavy atom. The molecule has 0 radical (unpaired) electrons. The van der Waals surface area contributed by atoms with Crippen molar-refractivity contribution in [1.29, 1.82) is 0 Å². The van der Waals surface area contributed by atoms with Gasteiger partial charge < -0.3 is 5.21 Å². The quantitative estimate of drug-likeness (QED) is 0.241. The summed E-state index contributed by atoms with van der Waals surface area (Å²) in [7, 11) is 0. The lowest BCUT2D eigenvalue weighted by Crippen LogP contribution is -2.03. The van der Waals surface area contributed by atoms with Crippen LogP contribution in [0.2, 0.25) is 0 Å². The van der Waals surface area contributed by atoms with Gasteiger partial charge in [-0.15, -0.1) is 0 Å². The second-order valence-electron chi connectivity index (χ2n) is 5.23. The topological polar surface area (TPSA) is 107 Å². The first-order chi connectivity index (χ1) is 12.0. The standard InChI is InChI=1S/C18H14N2O5/c21-11-17(23)9-13-1-5-15(6-2-13)19-20(25)16-7-3-14(4-8-16)10-18(24)12-22/h1-8,11-12H,9-10H2. The Labute approximate surface area is 143 Å². The van der Waals surface area contributed by atoms with Gasteiger partial charge in [0.1, 0.15) is 5.69 Å². The maximum atomic E-state index is 12.0. The molecule has 126 valence electrons. The Bertz CT molecular complexity index is 824. The summed E-state index contributed by atoms with van der Waals surface area (Å²) in [6.45, 7) is 0. The van der Waals surface area contributed by atoms with E-state index < -0.39 is 11.6 Å². The number of carbonyl (C=O) groups is 4. The van der Waals surface area contributed by atoms with Crippen LogP contribution in [0.1, 0.15) is 11.1 Å². The number of azo groups is 1. The predicted molar refractivity (Wildman–Crippen MR) is 87.8 cm³/mol. The molecule has 0 fully saturated rings. The predicted octanol–water partition coefficient (Wildman–Crippen LogP) is 2.23. The zero-order valence-electron chi connectivity index (χ0n) is 13.1. The van der Waals surface area contributed by atoms with Crippen LogP contribution in [-0.2, 0) is 32.0 Å². The van der Waals surface area contributed by atoms with Crippen LogP contribution >= 0.6 is 0 Å². The van der Waals surface area contributed by atoms with Crippen molar-refractivity contribution in [2.24, 2.45) is 5.11 Å². The fourth-order valence-corrected chi connectivity index (χ4v) is 2.07. The van der Waals surface area contributed by atoms with Crippen molar-refractivity contribution in [1.82, 2.24) is 0 Å². The molecular weight excluding hydrogens is 324 g/mol. The van der Waals surface area contributed by atoms with Gasteiger partial charge in [0.25, 0.3) is 0 Å². The summed E-state index contributed by atoms with van der Waals surface area (Å²) < 4.78 is 0. The van der Waals surface area contributed by atoms with E-state index in [4.69, 9.17) is 0 Å². The van der Waals surface area contributed by atoms with Crippen LogP contribution < -0.4 is 0 Å². The molecule has 7 nitrogen and oxygen atoms in total. The Kier molecular flexibility index (Phi) is 6.00. The van der Waals surface area contributed by atoms with Gasteiger partial charge in [0.15, 0.2) is 24.1 Å². The van der Waals surface area contributed by atoms with Crippen molar-refractivity contribution >= 4 is 35.5 Å². The van der Waals surface area contributed by atoms with Gasteiger partial charge in [0.2, 0.25) is 5.69 Å². The van der Waals surface area contributed by atoms with Crippen LogP contribution in [-0.4, -0.2) is 29.0 Å². The van der Waals surface area contributed by atoms with Gasteiger partial charge in [-0.25, -0.2) is 0 Å². The number of hydrogen-bond acceptors (Lipinski definition) is 6. The molecule has 0 bridgehead atoms. The van der Waals surface area contributed by atoms with Crippen LogP contribution in [0.15, 0.2) is 53.6 Å². The van der Waals surface area contributed by atoms with Gasteiger partial charge >= 0.3 is 0 Å². The van der Waals surface area contributed by atoms with E-state index in [-0.39, 0.29) is 31.1 Å². The molecule has 0 unspecified atom stereocenters. The number of ketones is 2. The molecule has 25 heavy (non-hydrogen) atoms. The average molecular weight is 338 g/mol. The van der Waals surface area contributed by atoms with E-state index in [0.717, 1.165) is 0 Å².